The van der Waals surface area contributed by atoms with Gasteiger partial charge in [0.05, 0.1) is 0 Å². The summed E-state index contributed by atoms with van der Waals surface area (Å²) in [5.74, 6) is 0. The van der Waals surface area contributed by atoms with Crippen LogP contribution in [0, 0.1) is 0 Å². The number of hydrogen-bond donors (Lipinski definition) is 2. The van der Waals surface area contributed by atoms with Gasteiger partial charge >= 0.3 is 0 Å². The van der Waals surface area contributed by atoms with Crippen LogP contribution < -0.4 is 0 Å². The zero-order valence-electron chi connectivity index (χ0n) is 4.63. The number of nitrogens with one attached hydrogen (secondary N) is 1. The summed E-state index contributed by atoms with van der Waals surface area (Å²) in [5, 5.41) is 6.84. The van der Waals surface area contributed by atoms with E-state index in [0.29, 0.717) is 0 Å². The summed E-state index contributed by atoms with van der Waals surface area (Å²) < 4.78 is 0. The van der Waals surface area contributed by atoms with Crippen molar-refractivity contribution in [2.75, 3.05) is 0 Å². The molecule has 0 saturated heterocycles. The summed E-state index contributed by atoms with van der Waals surface area (Å²) in [4.78, 5) is 0. The van der Waals surface area contributed by atoms with E-state index in [1.165, 1.54) is 0 Å². The Bertz CT molecular complexity index is 145. The lowest BCUT2D eigenvalue weighted by molar-refractivity contribution is 0.962. The minimum absolute atomic E-state index is 0.262. The molecule has 0 aromatic carbocycles. The van der Waals surface area contributed by atoms with Gasteiger partial charge in [0.25, 0.3) is 0 Å². The third-order valence-electron chi connectivity index (χ3n) is 0.972. The van der Waals surface area contributed by atoms with Crippen LogP contribution in [0.25, 0.3) is 0 Å². The van der Waals surface area contributed by atoms with Crippen molar-refractivity contribution in [2.24, 2.45) is 0 Å². The molecule has 0 bridgehead atoms. The van der Waals surface area contributed by atoms with Gasteiger partial charge in [-0.15, -0.1) is 0 Å². The van der Waals surface area contributed by atoms with Crippen LogP contribution in [0.15, 0.2) is 12.3 Å². The van der Waals surface area contributed by atoms with Gasteiger partial charge in [0.15, 0.2) is 0 Å². The molecular weight excluding hydrogens is 120 g/mol. The summed E-state index contributed by atoms with van der Waals surface area (Å²) in [6.45, 7) is 2.00. The fraction of sp³-hybridized carbons (Fsp3) is 0.400. The number of aromatic nitrogens is 2. The zero-order valence-corrected chi connectivity index (χ0v) is 5.52. The molecule has 44 valence electrons. The zero-order chi connectivity index (χ0) is 5.98. The van der Waals surface area contributed by atoms with Gasteiger partial charge in [-0.25, -0.2) is 0 Å². The molecule has 1 rings (SSSR count). The molecule has 3 heteroatoms. The highest BCUT2D eigenvalue weighted by atomic mass is 32.1. The maximum Gasteiger partial charge on any atom is 0.0490 e. The van der Waals surface area contributed by atoms with Gasteiger partial charge < -0.3 is 0 Å². The standard InChI is InChI=1S/C5H8N2S/c1-4(8)5-2-3-6-7-5/h2-4,8H,1H3,(H,6,7). The van der Waals surface area contributed by atoms with E-state index in [0.717, 1.165) is 5.69 Å². The molecule has 0 aliphatic carbocycles. The molecule has 1 unspecified atom stereocenters. The average molecular weight is 128 g/mol. The van der Waals surface area contributed by atoms with E-state index < -0.39 is 0 Å². The van der Waals surface area contributed by atoms with Crippen molar-refractivity contribution < 1.29 is 0 Å². The van der Waals surface area contributed by atoms with Gasteiger partial charge in [0, 0.05) is 17.1 Å². The van der Waals surface area contributed by atoms with Crippen LogP contribution in [-0.4, -0.2) is 10.2 Å². The first-order chi connectivity index (χ1) is 3.80. The van der Waals surface area contributed by atoms with Crippen LogP contribution in [0.4, 0.5) is 0 Å². The summed E-state index contributed by atoms with van der Waals surface area (Å²) in [6, 6.07) is 1.91. The average Bonchev–Trinajstić information content (AvgIpc) is 2.12. The van der Waals surface area contributed by atoms with Gasteiger partial charge in [-0.1, -0.05) is 0 Å². The first-order valence-electron chi connectivity index (χ1n) is 2.48. The summed E-state index contributed by atoms with van der Waals surface area (Å²) in [5.41, 5.74) is 1.06. The second-order valence-corrected chi connectivity index (χ2v) is 2.46. The molecule has 1 atom stereocenters. The van der Waals surface area contributed by atoms with Crippen molar-refractivity contribution in [1.29, 1.82) is 0 Å². The van der Waals surface area contributed by atoms with Crippen LogP contribution in [0.1, 0.15) is 17.9 Å². The molecule has 1 N–H and O–H groups in total. The van der Waals surface area contributed by atoms with E-state index in [2.05, 4.69) is 22.8 Å². The lowest BCUT2D eigenvalue weighted by Gasteiger charge is -1.94. The van der Waals surface area contributed by atoms with E-state index in [1.54, 1.807) is 6.20 Å². The molecule has 0 radical (unpaired) electrons. The van der Waals surface area contributed by atoms with Crippen molar-refractivity contribution in [3.8, 4) is 0 Å². The summed E-state index contributed by atoms with van der Waals surface area (Å²) >= 11 is 4.18. The molecule has 0 saturated carbocycles. The predicted molar refractivity (Wildman–Crippen MR) is 36.0 cm³/mol. The molecule has 0 fully saturated rings. The van der Waals surface area contributed by atoms with Crippen LogP contribution in [0.5, 0.6) is 0 Å². The minimum atomic E-state index is 0.262. The number of hydrogen-bond acceptors (Lipinski definition) is 2. The van der Waals surface area contributed by atoms with Crippen molar-refractivity contribution in [2.45, 2.75) is 12.2 Å². The second-order valence-electron chi connectivity index (χ2n) is 1.69. The molecule has 0 spiro atoms. The normalized spacial score (nSPS) is 13.8. The molecule has 1 aromatic rings. The third kappa shape index (κ3) is 1.04. The lowest BCUT2D eigenvalue weighted by Crippen LogP contribution is -1.82. The maximum absolute atomic E-state index is 4.18. The van der Waals surface area contributed by atoms with Crippen molar-refractivity contribution in [1.82, 2.24) is 10.2 Å². The molecule has 2 nitrogen and oxygen atoms in total. The highest BCUT2D eigenvalue weighted by Gasteiger charge is 1.96. The van der Waals surface area contributed by atoms with E-state index in [4.69, 9.17) is 0 Å². The number of nitrogens with zero attached hydrogens (tertiary/aromatic N) is 1. The summed E-state index contributed by atoms with van der Waals surface area (Å²) in [7, 11) is 0. The lowest BCUT2D eigenvalue weighted by atomic mass is 10.3. The molecule has 0 amide bonds. The minimum Gasteiger partial charge on any atom is -0.281 e. The number of rotatable bonds is 1. The van der Waals surface area contributed by atoms with Gasteiger partial charge in [-0.05, 0) is 13.0 Å². The summed E-state index contributed by atoms with van der Waals surface area (Å²) in [6.07, 6.45) is 1.72. The Kier molecular flexibility index (Phi) is 1.58. The fourth-order valence-corrected chi connectivity index (χ4v) is 0.643. The molecule has 8 heavy (non-hydrogen) atoms. The third-order valence-corrected chi connectivity index (χ3v) is 1.25. The van der Waals surface area contributed by atoms with Crippen molar-refractivity contribution in [3.05, 3.63) is 18.0 Å². The van der Waals surface area contributed by atoms with Gasteiger partial charge in [0.2, 0.25) is 0 Å². The van der Waals surface area contributed by atoms with Crippen LogP contribution in [0.3, 0.4) is 0 Å². The molecular formula is C5H8N2S. The number of aromatic amines is 1. The molecule has 0 aliphatic rings. The Morgan fingerprint density at radius 3 is 2.88 bits per heavy atom. The SMILES string of the molecule is CC(S)c1ccn[nH]1. The Morgan fingerprint density at radius 1 is 1.88 bits per heavy atom. The highest BCUT2D eigenvalue weighted by molar-refractivity contribution is 7.80. The Balaban J connectivity index is 2.77. The fourth-order valence-electron chi connectivity index (χ4n) is 0.499. The second kappa shape index (κ2) is 2.22. The first-order valence-corrected chi connectivity index (χ1v) is 2.99. The van der Waals surface area contributed by atoms with Crippen LogP contribution >= 0.6 is 12.6 Å². The molecule has 1 aromatic heterocycles. The van der Waals surface area contributed by atoms with E-state index in [-0.39, 0.29) is 5.25 Å². The van der Waals surface area contributed by atoms with Crippen LogP contribution in [-0.2, 0) is 0 Å². The predicted octanol–water partition coefficient (Wildman–Crippen LogP) is 1.40. The maximum atomic E-state index is 4.18. The van der Waals surface area contributed by atoms with Gasteiger partial charge in [0.1, 0.15) is 0 Å². The highest BCUT2D eigenvalue weighted by Crippen LogP contribution is 2.13. The Morgan fingerprint density at radius 2 is 2.62 bits per heavy atom. The van der Waals surface area contributed by atoms with Crippen molar-refractivity contribution in [3.63, 3.8) is 0 Å². The van der Waals surface area contributed by atoms with Crippen molar-refractivity contribution >= 4 is 12.6 Å². The largest absolute Gasteiger partial charge is 0.281 e. The quantitative estimate of drug-likeness (QED) is 0.550. The molecule has 0 aliphatic heterocycles. The van der Waals surface area contributed by atoms with Crippen LogP contribution in [0.2, 0.25) is 0 Å². The van der Waals surface area contributed by atoms with E-state index >= 15 is 0 Å². The number of thiol groups is 1. The van der Waals surface area contributed by atoms with Gasteiger partial charge in [-0.2, -0.15) is 17.7 Å². The van der Waals surface area contributed by atoms with E-state index in [9.17, 15) is 0 Å². The van der Waals surface area contributed by atoms with Gasteiger partial charge in [-0.3, -0.25) is 5.10 Å². The number of H-pyrrole nitrogens is 1. The monoisotopic (exact) mass is 128 g/mol. The first kappa shape index (κ1) is 5.69. The Labute approximate surface area is 53.7 Å². The smallest absolute Gasteiger partial charge is 0.0490 e. The van der Waals surface area contributed by atoms with E-state index in [1.807, 2.05) is 13.0 Å². The Hall–Kier alpha value is -0.440. The topological polar surface area (TPSA) is 28.7 Å². The molecule has 1 heterocycles.